The number of halogens is 3. The molecular weight excluding hydrogens is 463 g/mol. The predicted octanol–water partition coefficient (Wildman–Crippen LogP) is 6.40. The van der Waals surface area contributed by atoms with Crippen molar-refractivity contribution in [2.45, 2.75) is 25.1 Å². The number of nitro groups is 1. The van der Waals surface area contributed by atoms with Crippen molar-refractivity contribution in [2.75, 3.05) is 6.54 Å². The zero-order chi connectivity index (χ0) is 24.7. The van der Waals surface area contributed by atoms with Crippen LogP contribution in [0.3, 0.4) is 0 Å². The standard InChI is InChI=1S/C25H18F3N3O4/c26-25(27,28)18-9-6-15(7-10-18)16-8-11-22-20(14-16)29-23(35-22)21-5-2-12-30(21)24(32)17-3-1-4-19(13-17)31(33)34/h1,3-4,6-11,13-14,21H,2,5,12H2/t21-/m0/s1. The highest BCUT2D eigenvalue weighted by atomic mass is 19.4. The number of hydrogen-bond acceptors (Lipinski definition) is 5. The molecule has 0 unspecified atom stereocenters. The molecule has 1 saturated heterocycles. The van der Waals surface area contributed by atoms with Crippen LogP contribution >= 0.6 is 0 Å². The van der Waals surface area contributed by atoms with E-state index in [0.717, 1.165) is 18.6 Å². The first kappa shape index (κ1) is 22.6. The third-order valence-corrected chi connectivity index (χ3v) is 6.05. The van der Waals surface area contributed by atoms with Gasteiger partial charge in [-0.1, -0.05) is 24.3 Å². The average Bonchev–Trinajstić information content (AvgIpc) is 3.49. The Morgan fingerprint density at radius 3 is 2.51 bits per heavy atom. The molecule has 1 amide bonds. The van der Waals surface area contributed by atoms with Crippen LogP contribution in [-0.4, -0.2) is 27.3 Å². The Balaban J connectivity index is 1.42. The van der Waals surface area contributed by atoms with Gasteiger partial charge in [-0.25, -0.2) is 4.98 Å². The van der Waals surface area contributed by atoms with E-state index in [0.29, 0.717) is 41.1 Å². The number of likely N-dealkylation sites (tertiary alicyclic amines) is 1. The third-order valence-electron chi connectivity index (χ3n) is 6.05. The molecule has 4 aromatic rings. The molecule has 2 heterocycles. The SMILES string of the molecule is O=C(c1cccc([N+](=O)[O-])c1)N1CCC[C@H]1c1nc2cc(-c3ccc(C(F)(F)F)cc3)ccc2o1. The fourth-order valence-corrected chi connectivity index (χ4v) is 4.30. The van der Waals surface area contributed by atoms with Crippen LogP contribution in [0, 0.1) is 10.1 Å². The number of oxazole rings is 1. The normalized spacial score (nSPS) is 16.1. The molecule has 178 valence electrons. The highest BCUT2D eigenvalue weighted by Crippen LogP contribution is 2.36. The van der Waals surface area contributed by atoms with Gasteiger partial charge < -0.3 is 9.32 Å². The summed E-state index contributed by atoms with van der Waals surface area (Å²) in [6.07, 6.45) is -3.06. The van der Waals surface area contributed by atoms with E-state index < -0.39 is 22.7 Å². The number of nitrogens with zero attached hydrogens (tertiary/aromatic N) is 3. The first-order chi connectivity index (χ1) is 16.7. The van der Waals surface area contributed by atoms with Gasteiger partial charge in [0.1, 0.15) is 11.6 Å². The lowest BCUT2D eigenvalue weighted by molar-refractivity contribution is -0.384. The summed E-state index contributed by atoms with van der Waals surface area (Å²) in [4.78, 5) is 29.8. The van der Waals surface area contributed by atoms with E-state index >= 15 is 0 Å². The number of non-ortho nitro benzene ring substituents is 1. The minimum atomic E-state index is -4.40. The van der Waals surface area contributed by atoms with E-state index in [2.05, 4.69) is 4.98 Å². The predicted molar refractivity (Wildman–Crippen MR) is 121 cm³/mol. The number of rotatable bonds is 4. The van der Waals surface area contributed by atoms with Crippen molar-refractivity contribution in [1.29, 1.82) is 0 Å². The first-order valence-electron chi connectivity index (χ1n) is 10.8. The van der Waals surface area contributed by atoms with E-state index in [1.807, 2.05) is 0 Å². The summed E-state index contributed by atoms with van der Waals surface area (Å²) in [6, 6.07) is 15.2. The number of fused-ring (bicyclic) bond motifs is 1. The number of nitro benzene ring substituents is 1. The summed E-state index contributed by atoms with van der Waals surface area (Å²) >= 11 is 0. The summed E-state index contributed by atoms with van der Waals surface area (Å²) in [6.45, 7) is 0.460. The van der Waals surface area contributed by atoms with E-state index in [-0.39, 0.29) is 17.2 Å². The number of hydrogen-bond donors (Lipinski definition) is 0. The van der Waals surface area contributed by atoms with Gasteiger partial charge in [-0.2, -0.15) is 13.2 Å². The van der Waals surface area contributed by atoms with Crippen LogP contribution in [0.4, 0.5) is 18.9 Å². The molecule has 7 nitrogen and oxygen atoms in total. The lowest BCUT2D eigenvalue weighted by atomic mass is 10.0. The molecule has 0 spiro atoms. The molecule has 3 aromatic carbocycles. The first-order valence-corrected chi connectivity index (χ1v) is 10.8. The van der Waals surface area contributed by atoms with E-state index in [9.17, 15) is 28.1 Å². The maximum absolute atomic E-state index is 13.1. The Morgan fingerprint density at radius 1 is 1.06 bits per heavy atom. The van der Waals surface area contributed by atoms with Crippen molar-refractivity contribution in [3.05, 3.63) is 93.9 Å². The second-order valence-electron chi connectivity index (χ2n) is 8.27. The zero-order valence-corrected chi connectivity index (χ0v) is 18.2. The maximum atomic E-state index is 13.1. The molecule has 35 heavy (non-hydrogen) atoms. The second-order valence-corrected chi connectivity index (χ2v) is 8.27. The smallest absolute Gasteiger partial charge is 0.416 e. The summed E-state index contributed by atoms with van der Waals surface area (Å²) in [7, 11) is 0. The minimum Gasteiger partial charge on any atom is -0.438 e. The van der Waals surface area contributed by atoms with Gasteiger partial charge in [0.15, 0.2) is 5.58 Å². The molecule has 0 bridgehead atoms. The van der Waals surface area contributed by atoms with Crippen LogP contribution in [0.25, 0.3) is 22.2 Å². The number of carbonyl (C=O) groups is 1. The molecule has 10 heteroatoms. The number of carbonyl (C=O) groups excluding carboxylic acids is 1. The monoisotopic (exact) mass is 481 g/mol. The zero-order valence-electron chi connectivity index (χ0n) is 18.2. The summed E-state index contributed by atoms with van der Waals surface area (Å²) in [5.74, 6) is 0.00440. The van der Waals surface area contributed by atoms with Gasteiger partial charge in [-0.15, -0.1) is 0 Å². The van der Waals surface area contributed by atoms with Gasteiger partial charge in [0, 0.05) is 24.2 Å². The van der Waals surface area contributed by atoms with E-state index in [1.54, 1.807) is 23.1 Å². The Hall–Kier alpha value is -4.21. The average molecular weight is 481 g/mol. The Morgan fingerprint density at radius 2 is 1.80 bits per heavy atom. The minimum absolute atomic E-state index is 0.163. The van der Waals surface area contributed by atoms with E-state index in [4.69, 9.17) is 4.42 Å². The Labute approximate surface area is 196 Å². The van der Waals surface area contributed by atoms with Crippen LogP contribution in [-0.2, 0) is 6.18 Å². The number of amides is 1. The molecule has 5 rings (SSSR count). The lowest BCUT2D eigenvalue weighted by Gasteiger charge is -2.22. The summed E-state index contributed by atoms with van der Waals surface area (Å²) in [5, 5.41) is 11.1. The Bertz CT molecular complexity index is 1430. The van der Waals surface area contributed by atoms with Crippen molar-refractivity contribution in [3.8, 4) is 11.1 Å². The van der Waals surface area contributed by atoms with Crippen molar-refractivity contribution >= 4 is 22.7 Å². The maximum Gasteiger partial charge on any atom is 0.416 e. The van der Waals surface area contributed by atoms with Crippen LogP contribution in [0.2, 0.25) is 0 Å². The molecule has 0 aliphatic carbocycles. The van der Waals surface area contributed by atoms with E-state index in [1.165, 1.54) is 36.4 Å². The van der Waals surface area contributed by atoms with Gasteiger partial charge in [-0.3, -0.25) is 14.9 Å². The van der Waals surface area contributed by atoms with Crippen molar-refractivity contribution in [2.24, 2.45) is 0 Å². The Kier molecular flexibility index (Phi) is 5.50. The lowest BCUT2D eigenvalue weighted by Crippen LogP contribution is -2.30. The highest BCUT2D eigenvalue weighted by Gasteiger charge is 2.34. The number of alkyl halides is 3. The summed E-state index contributed by atoms with van der Waals surface area (Å²) in [5.41, 5.74) is 1.63. The second kappa shape index (κ2) is 8.53. The van der Waals surface area contributed by atoms with Gasteiger partial charge in [0.25, 0.3) is 11.6 Å². The van der Waals surface area contributed by atoms with Crippen LogP contribution in [0.15, 0.2) is 71.1 Å². The van der Waals surface area contributed by atoms with Gasteiger partial charge in [-0.05, 0) is 54.3 Å². The molecule has 1 fully saturated rings. The van der Waals surface area contributed by atoms with Crippen molar-refractivity contribution < 1.29 is 27.3 Å². The largest absolute Gasteiger partial charge is 0.438 e. The molecule has 0 N–H and O–H groups in total. The van der Waals surface area contributed by atoms with Crippen LogP contribution in [0.1, 0.15) is 40.7 Å². The number of benzene rings is 3. The van der Waals surface area contributed by atoms with Crippen molar-refractivity contribution in [3.63, 3.8) is 0 Å². The van der Waals surface area contributed by atoms with Crippen LogP contribution in [0.5, 0.6) is 0 Å². The van der Waals surface area contributed by atoms with Gasteiger partial charge in [0.2, 0.25) is 5.89 Å². The topological polar surface area (TPSA) is 89.5 Å². The van der Waals surface area contributed by atoms with Gasteiger partial charge in [0.05, 0.1) is 10.5 Å². The molecule has 1 aromatic heterocycles. The quantitative estimate of drug-likeness (QED) is 0.249. The number of aromatic nitrogens is 1. The molecular formula is C25H18F3N3O4. The fraction of sp³-hybridized carbons (Fsp3) is 0.200. The van der Waals surface area contributed by atoms with Gasteiger partial charge >= 0.3 is 6.18 Å². The fourth-order valence-electron chi connectivity index (χ4n) is 4.30. The molecule has 0 radical (unpaired) electrons. The van der Waals surface area contributed by atoms with Crippen molar-refractivity contribution in [1.82, 2.24) is 9.88 Å². The molecule has 1 aliphatic rings. The molecule has 1 aliphatic heterocycles. The highest BCUT2D eigenvalue weighted by molar-refractivity contribution is 5.95. The molecule has 1 atom stereocenters. The molecule has 0 saturated carbocycles. The summed E-state index contributed by atoms with van der Waals surface area (Å²) < 4.78 is 44.5. The van der Waals surface area contributed by atoms with Crippen LogP contribution < -0.4 is 0 Å². The third kappa shape index (κ3) is 4.34.